The molecule has 0 aliphatic rings. The Bertz CT molecular complexity index is 694. The minimum Gasteiger partial charge on any atom is -0.478 e. The van der Waals surface area contributed by atoms with Crippen LogP contribution in [0.1, 0.15) is 125 Å². The monoisotopic (exact) mass is 390 g/mol. The van der Waals surface area contributed by atoms with E-state index in [1.807, 2.05) is 6.07 Å². The number of hydrogen-bond acceptors (Lipinski definition) is 2. The molecule has 0 fully saturated rings. The molecule has 0 aliphatic heterocycles. The molecule has 0 heterocycles. The molecular weight excluding hydrogens is 352 g/mol. The molecule has 0 bridgehead atoms. The Labute approximate surface area is 170 Å². The Morgan fingerprint density at radius 1 is 0.821 bits per heavy atom. The Hall–Kier alpha value is -1.84. The molecule has 2 N–H and O–H groups in total. The van der Waals surface area contributed by atoms with E-state index in [9.17, 15) is 19.8 Å². The average molecular weight is 391 g/mol. The molecule has 158 valence electrons. The predicted molar refractivity (Wildman–Crippen MR) is 115 cm³/mol. The second kappa shape index (κ2) is 10.1. The minimum absolute atomic E-state index is 0.0124. The lowest BCUT2D eigenvalue weighted by Gasteiger charge is -2.39. The van der Waals surface area contributed by atoms with E-state index in [1.165, 1.54) is 6.07 Å². The van der Waals surface area contributed by atoms with Gasteiger partial charge in [0.05, 0.1) is 11.1 Å². The van der Waals surface area contributed by atoms with E-state index >= 15 is 0 Å². The van der Waals surface area contributed by atoms with Crippen molar-refractivity contribution in [3.63, 3.8) is 0 Å². The van der Waals surface area contributed by atoms with Crippen LogP contribution in [-0.2, 0) is 10.8 Å². The summed E-state index contributed by atoms with van der Waals surface area (Å²) in [6, 6.07) is 3.39. The maximum Gasteiger partial charge on any atom is 0.336 e. The standard InChI is InChI=1S/C24H38O4/c1-7-11-15-23(5,9-3)18-14-13-17(21(25)26)19(22(27)28)20(18)24(6,10-4)16-12-8-2/h13-14H,7-12,15-16H2,1-6H3,(H,25,26)(H,27,28). The zero-order valence-corrected chi connectivity index (χ0v) is 18.5. The van der Waals surface area contributed by atoms with E-state index < -0.39 is 11.9 Å². The molecule has 4 nitrogen and oxygen atoms in total. The Balaban J connectivity index is 3.93. The molecule has 1 aromatic rings. The Kier molecular flexibility index (Phi) is 8.72. The molecule has 28 heavy (non-hydrogen) atoms. The van der Waals surface area contributed by atoms with E-state index in [0.717, 1.165) is 62.5 Å². The second-order valence-corrected chi connectivity index (χ2v) is 8.56. The fourth-order valence-corrected chi connectivity index (χ4v) is 4.25. The van der Waals surface area contributed by atoms with Crippen molar-refractivity contribution in [2.45, 2.75) is 104 Å². The third-order valence-electron chi connectivity index (χ3n) is 6.63. The number of carbonyl (C=O) groups is 2. The summed E-state index contributed by atoms with van der Waals surface area (Å²) in [7, 11) is 0. The van der Waals surface area contributed by atoms with Gasteiger partial charge in [-0.3, -0.25) is 0 Å². The smallest absolute Gasteiger partial charge is 0.336 e. The van der Waals surface area contributed by atoms with Crippen LogP contribution in [-0.4, -0.2) is 22.2 Å². The maximum atomic E-state index is 12.3. The molecule has 4 heteroatoms. The molecule has 0 radical (unpaired) electrons. The highest BCUT2D eigenvalue weighted by Crippen LogP contribution is 2.45. The van der Waals surface area contributed by atoms with Crippen LogP contribution < -0.4 is 0 Å². The van der Waals surface area contributed by atoms with Crippen molar-refractivity contribution in [1.29, 1.82) is 0 Å². The van der Waals surface area contributed by atoms with Gasteiger partial charge in [-0.1, -0.05) is 73.3 Å². The number of carboxylic acid groups (broad SMARTS) is 2. The lowest BCUT2D eigenvalue weighted by atomic mass is 9.64. The minimum atomic E-state index is -1.18. The number of unbranched alkanes of at least 4 members (excludes halogenated alkanes) is 2. The van der Waals surface area contributed by atoms with Gasteiger partial charge in [-0.15, -0.1) is 0 Å². The van der Waals surface area contributed by atoms with Gasteiger partial charge in [0.25, 0.3) is 0 Å². The van der Waals surface area contributed by atoms with Crippen molar-refractivity contribution in [1.82, 2.24) is 0 Å². The number of benzene rings is 1. The zero-order chi connectivity index (χ0) is 21.5. The SMILES string of the molecule is CCCCC(C)(CC)c1ccc(C(=O)O)c(C(=O)O)c1C(C)(CC)CCCC. The number of rotatable bonds is 12. The lowest BCUT2D eigenvalue weighted by Crippen LogP contribution is -2.33. The number of hydrogen-bond donors (Lipinski definition) is 2. The quantitative estimate of drug-likeness (QED) is 0.411. The summed E-state index contributed by atoms with van der Waals surface area (Å²) in [5.41, 5.74) is 1.11. The van der Waals surface area contributed by atoms with Crippen molar-refractivity contribution in [2.75, 3.05) is 0 Å². The van der Waals surface area contributed by atoms with Crippen molar-refractivity contribution in [2.24, 2.45) is 0 Å². The van der Waals surface area contributed by atoms with Gasteiger partial charge < -0.3 is 10.2 Å². The van der Waals surface area contributed by atoms with Crippen LogP contribution in [0.25, 0.3) is 0 Å². The first kappa shape index (κ1) is 24.2. The summed E-state index contributed by atoms with van der Waals surface area (Å²) in [5.74, 6) is -2.31. The van der Waals surface area contributed by atoms with Crippen LogP contribution >= 0.6 is 0 Å². The van der Waals surface area contributed by atoms with Gasteiger partial charge in [-0.2, -0.15) is 0 Å². The highest BCUT2D eigenvalue weighted by atomic mass is 16.4. The highest BCUT2D eigenvalue weighted by Gasteiger charge is 2.39. The predicted octanol–water partition coefficient (Wildman–Crippen LogP) is 6.80. The average Bonchev–Trinajstić information content (AvgIpc) is 2.68. The molecule has 0 aromatic heterocycles. The van der Waals surface area contributed by atoms with E-state index in [4.69, 9.17) is 0 Å². The van der Waals surface area contributed by atoms with E-state index in [-0.39, 0.29) is 22.0 Å². The van der Waals surface area contributed by atoms with Crippen LogP contribution in [0.15, 0.2) is 12.1 Å². The van der Waals surface area contributed by atoms with Gasteiger partial charge in [0.15, 0.2) is 0 Å². The summed E-state index contributed by atoms with van der Waals surface area (Å²) >= 11 is 0. The molecule has 0 spiro atoms. The molecule has 2 atom stereocenters. The second-order valence-electron chi connectivity index (χ2n) is 8.56. The van der Waals surface area contributed by atoms with Crippen LogP contribution in [0.4, 0.5) is 0 Å². The van der Waals surface area contributed by atoms with Crippen LogP contribution in [0.5, 0.6) is 0 Å². The molecule has 1 aromatic carbocycles. The fraction of sp³-hybridized carbons (Fsp3) is 0.667. The first-order chi connectivity index (χ1) is 13.1. The highest BCUT2D eigenvalue weighted by molar-refractivity contribution is 6.03. The molecule has 0 aliphatic carbocycles. The van der Waals surface area contributed by atoms with Crippen LogP contribution in [0.3, 0.4) is 0 Å². The Morgan fingerprint density at radius 2 is 1.32 bits per heavy atom. The normalized spacial score (nSPS) is 15.6. The molecule has 1 rings (SSSR count). The largest absolute Gasteiger partial charge is 0.478 e. The van der Waals surface area contributed by atoms with E-state index in [2.05, 4.69) is 41.5 Å². The van der Waals surface area contributed by atoms with Gasteiger partial charge in [-0.25, -0.2) is 9.59 Å². The van der Waals surface area contributed by atoms with Crippen molar-refractivity contribution in [3.05, 3.63) is 34.4 Å². The molecular formula is C24H38O4. The van der Waals surface area contributed by atoms with Gasteiger partial charge in [0.1, 0.15) is 0 Å². The summed E-state index contributed by atoms with van der Waals surface area (Å²) in [5, 5.41) is 19.7. The van der Waals surface area contributed by atoms with Crippen molar-refractivity contribution >= 4 is 11.9 Å². The third-order valence-corrected chi connectivity index (χ3v) is 6.63. The van der Waals surface area contributed by atoms with Gasteiger partial charge >= 0.3 is 11.9 Å². The molecule has 0 saturated carbocycles. The first-order valence-electron chi connectivity index (χ1n) is 10.8. The fourth-order valence-electron chi connectivity index (χ4n) is 4.25. The van der Waals surface area contributed by atoms with Gasteiger partial charge in [0.2, 0.25) is 0 Å². The van der Waals surface area contributed by atoms with Crippen molar-refractivity contribution in [3.8, 4) is 0 Å². The first-order valence-corrected chi connectivity index (χ1v) is 10.8. The van der Waals surface area contributed by atoms with E-state index in [0.29, 0.717) is 0 Å². The summed E-state index contributed by atoms with van der Waals surface area (Å²) in [4.78, 5) is 24.1. The van der Waals surface area contributed by atoms with Crippen molar-refractivity contribution < 1.29 is 19.8 Å². The molecule has 0 saturated heterocycles. The van der Waals surface area contributed by atoms with Crippen LogP contribution in [0, 0.1) is 0 Å². The van der Waals surface area contributed by atoms with E-state index in [1.54, 1.807) is 0 Å². The third kappa shape index (κ3) is 4.95. The lowest BCUT2D eigenvalue weighted by molar-refractivity contribution is 0.0648. The summed E-state index contributed by atoms with van der Waals surface area (Å²) in [6.07, 6.45) is 7.62. The Morgan fingerprint density at radius 3 is 1.71 bits per heavy atom. The topological polar surface area (TPSA) is 74.6 Å². The van der Waals surface area contributed by atoms with Crippen LogP contribution in [0.2, 0.25) is 0 Å². The number of carboxylic acids is 2. The van der Waals surface area contributed by atoms with Gasteiger partial charge in [0, 0.05) is 0 Å². The molecule has 2 unspecified atom stereocenters. The zero-order valence-electron chi connectivity index (χ0n) is 18.5. The maximum absolute atomic E-state index is 12.3. The number of aromatic carboxylic acids is 2. The molecule has 0 amide bonds. The summed E-state index contributed by atoms with van der Waals surface area (Å²) < 4.78 is 0. The van der Waals surface area contributed by atoms with Gasteiger partial charge in [-0.05, 0) is 53.7 Å². The summed E-state index contributed by atoms with van der Waals surface area (Å²) in [6.45, 7) is 12.8.